The summed E-state index contributed by atoms with van der Waals surface area (Å²) in [7, 11) is 0. The Kier molecular flexibility index (Phi) is 6.24. The number of carbonyl (C=O) groups excluding carboxylic acids is 3. The standard InChI is InChI=1S/C25H27N7O5/c1-3-19(33)30-18-6-14(5-4-13(18)2)8-27-23(34)22-21-20(28-12-29-22)17(9-26-21)24(35)31-10-16-7-15(31)11-32(16)25(36)37/h4-6,9,12,15-16,26H,3,7-8,10-11H2,1-2H3,(H,27,34)(H,30,33)(H,36,37). The molecule has 0 spiro atoms. The molecule has 2 fully saturated rings. The van der Waals surface area contributed by atoms with Crippen molar-refractivity contribution in [2.75, 3.05) is 18.4 Å². The lowest BCUT2D eigenvalue weighted by Crippen LogP contribution is -2.50. The number of nitrogens with one attached hydrogen (secondary N) is 3. The van der Waals surface area contributed by atoms with Crippen molar-refractivity contribution in [1.29, 1.82) is 0 Å². The van der Waals surface area contributed by atoms with E-state index < -0.39 is 12.0 Å². The van der Waals surface area contributed by atoms with Gasteiger partial charge in [-0.15, -0.1) is 0 Å². The Balaban J connectivity index is 1.30. The van der Waals surface area contributed by atoms with Crippen LogP contribution in [0.4, 0.5) is 10.5 Å². The van der Waals surface area contributed by atoms with Crippen molar-refractivity contribution in [2.24, 2.45) is 0 Å². The number of piperazine rings is 1. The lowest BCUT2D eigenvalue weighted by Gasteiger charge is -2.32. The number of amides is 4. The van der Waals surface area contributed by atoms with Crippen LogP contribution in [0.2, 0.25) is 0 Å². The molecule has 12 heteroatoms. The summed E-state index contributed by atoms with van der Waals surface area (Å²) in [4.78, 5) is 63.8. The Labute approximate surface area is 212 Å². The van der Waals surface area contributed by atoms with Crippen molar-refractivity contribution in [3.63, 3.8) is 0 Å². The average Bonchev–Trinajstić information content (AvgIpc) is 3.62. The molecule has 1 aromatic carbocycles. The van der Waals surface area contributed by atoms with Gasteiger partial charge in [-0.2, -0.15) is 0 Å². The molecule has 5 rings (SSSR count). The molecule has 192 valence electrons. The Morgan fingerprint density at radius 1 is 1.14 bits per heavy atom. The molecule has 2 aliphatic rings. The predicted octanol–water partition coefficient (Wildman–Crippen LogP) is 2.12. The normalized spacial score (nSPS) is 18.3. The van der Waals surface area contributed by atoms with Gasteiger partial charge in [-0.1, -0.05) is 19.1 Å². The fourth-order valence-corrected chi connectivity index (χ4v) is 5.00. The minimum atomic E-state index is -0.970. The average molecular weight is 506 g/mol. The molecule has 0 saturated carbocycles. The van der Waals surface area contributed by atoms with Gasteiger partial charge in [0, 0.05) is 37.9 Å². The number of carbonyl (C=O) groups is 4. The number of rotatable bonds is 6. The summed E-state index contributed by atoms with van der Waals surface area (Å²) < 4.78 is 0. The van der Waals surface area contributed by atoms with E-state index >= 15 is 0 Å². The Morgan fingerprint density at radius 3 is 2.59 bits per heavy atom. The van der Waals surface area contributed by atoms with Gasteiger partial charge in [0.1, 0.15) is 11.8 Å². The lowest BCUT2D eigenvalue weighted by atomic mass is 10.1. The lowest BCUT2D eigenvalue weighted by molar-refractivity contribution is -0.115. The van der Waals surface area contributed by atoms with E-state index in [2.05, 4.69) is 25.6 Å². The minimum absolute atomic E-state index is 0.0919. The van der Waals surface area contributed by atoms with E-state index in [-0.39, 0.29) is 36.1 Å². The zero-order chi connectivity index (χ0) is 26.3. The van der Waals surface area contributed by atoms with Crippen LogP contribution < -0.4 is 10.6 Å². The van der Waals surface area contributed by atoms with Crippen LogP contribution in [0.25, 0.3) is 11.0 Å². The van der Waals surface area contributed by atoms with Crippen LogP contribution in [0.1, 0.15) is 51.7 Å². The zero-order valence-electron chi connectivity index (χ0n) is 20.4. The number of hydrogen-bond acceptors (Lipinski definition) is 6. The van der Waals surface area contributed by atoms with Crippen LogP contribution >= 0.6 is 0 Å². The number of nitrogens with zero attached hydrogens (tertiary/aromatic N) is 4. The van der Waals surface area contributed by atoms with Crippen molar-refractivity contribution in [2.45, 2.75) is 45.3 Å². The number of fused-ring (bicyclic) bond motifs is 3. The Hall–Kier alpha value is -4.48. The van der Waals surface area contributed by atoms with Gasteiger partial charge in [-0.25, -0.2) is 14.8 Å². The molecular formula is C25H27N7O5. The Morgan fingerprint density at radius 2 is 1.89 bits per heavy atom. The SMILES string of the molecule is CCC(=O)Nc1cc(CNC(=O)c2ncnc3c(C(=O)N4CC5CC4CN5C(=O)O)c[nH]c23)ccc1C. The summed E-state index contributed by atoms with van der Waals surface area (Å²) >= 11 is 0. The number of carboxylic acid groups (broad SMARTS) is 1. The number of likely N-dealkylation sites (tertiary alicyclic amines) is 2. The molecule has 4 amide bonds. The molecule has 2 aromatic heterocycles. The number of aromatic nitrogens is 3. The van der Waals surface area contributed by atoms with Crippen molar-refractivity contribution in [3.8, 4) is 0 Å². The molecule has 4 N–H and O–H groups in total. The second kappa shape index (κ2) is 9.52. The number of hydrogen-bond donors (Lipinski definition) is 4. The van der Waals surface area contributed by atoms with Gasteiger partial charge in [0.15, 0.2) is 5.69 Å². The molecule has 2 aliphatic heterocycles. The van der Waals surface area contributed by atoms with Crippen LogP contribution in [0.3, 0.4) is 0 Å². The number of aryl methyl sites for hydroxylation is 1. The van der Waals surface area contributed by atoms with Gasteiger partial charge in [0.2, 0.25) is 5.91 Å². The van der Waals surface area contributed by atoms with E-state index in [0.29, 0.717) is 48.2 Å². The maximum Gasteiger partial charge on any atom is 0.407 e. The fourth-order valence-electron chi connectivity index (χ4n) is 5.00. The van der Waals surface area contributed by atoms with Gasteiger partial charge in [0.05, 0.1) is 23.2 Å². The number of benzene rings is 1. The molecule has 3 aromatic rings. The molecule has 2 unspecified atom stereocenters. The third kappa shape index (κ3) is 4.46. The highest BCUT2D eigenvalue weighted by Crippen LogP contribution is 2.33. The maximum atomic E-state index is 13.3. The third-order valence-electron chi connectivity index (χ3n) is 7.01. The molecular weight excluding hydrogens is 478 g/mol. The largest absolute Gasteiger partial charge is 0.465 e. The van der Waals surface area contributed by atoms with E-state index in [9.17, 15) is 24.3 Å². The van der Waals surface area contributed by atoms with Gasteiger partial charge < -0.3 is 30.5 Å². The van der Waals surface area contributed by atoms with Gasteiger partial charge >= 0.3 is 6.09 Å². The summed E-state index contributed by atoms with van der Waals surface area (Å²) in [6, 6.07) is 5.18. The van der Waals surface area contributed by atoms with Crippen molar-refractivity contribution in [1.82, 2.24) is 30.1 Å². The van der Waals surface area contributed by atoms with Crippen molar-refractivity contribution < 1.29 is 24.3 Å². The molecule has 2 bridgehead atoms. The first-order valence-electron chi connectivity index (χ1n) is 12.1. The second-order valence-electron chi connectivity index (χ2n) is 9.32. The van der Waals surface area contributed by atoms with Crippen LogP contribution in [0, 0.1) is 6.92 Å². The van der Waals surface area contributed by atoms with Crippen molar-refractivity contribution in [3.05, 3.63) is 53.1 Å². The molecule has 4 heterocycles. The molecule has 0 aliphatic carbocycles. The maximum absolute atomic E-state index is 13.3. The number of aromatic amines is 1. The molecule has 37 heavy (non-hydrogen) atoms. The summed E-state index contributed by atoms with van der Waals surface area (Å²) in [6.07, 6.45) is 2.77. The minimum Gasteiger partial charge on any atom is -0.465 e. The van der Waals surface area contributed by atoms with E-state index in [1.165, 1.54) is 17.4 Å². The monoisotopic (exact) mass is 505 g/mol. The van der Waals surface area contributed by atoms with Gasteiger partial charge in [0.25, 0.3) is 11.8 Å². The first kappa shape index (κ1) is 24.2. The van der Waals surface area contributed by atoms with E-state index in [1.54, 1.807) is 11.8 Å². The summed E-state index contributed by atoms with van der Waals surface area (Å²) in [5.74, 6) is -0.786. The highest BCUT2D eigenvalue weighted by Gasteiger charge is 2.47. The summed E-state index contributed by atoms with van der Waals surface area (Å²) in [6.45, 7) is 4.50. The first-order chi connectivity index (χ1) is 17.8. The third-order valence-corrected chi connectivity index (χ3v) is 7.01. The zero-order valence-corrected chi connectivity index (χ0v) is 20.4. The highest BCUT2D eigenvalue weighted by molar-refractivity contribution is 6.10. The first-order valence-corrected chi connectivity index (χ1v) is 12.1. The topological polar surface area (TPSA) is 161 Å². The molecule has 12 nitrogen and oxygen atoms in total. The molecule has 2 atom stereocenters. The van der Waals surface area contributed by atoms with Crippen LogP contribution in [0.15, 0.2) is 30.7 Å². The van der Waals surface area contributed by atoms with Gasteiger partial charge in [-0.05, 0) is 30.5 Å². The smallest absolute Gasteiger partial charge is 0.407 e. The fraction of sp³-hybridized carbons (Fsp3) is 0.360. The molecule has 2 saturated heterocycles. The van der Waals surface area contributed by atoms with Crippen molar-refractivity contribution >= 4 is 40.5 Å². The summed E-state index contributed by atoms with van der Waals surface area (Å²) in [5, 5.41) is 15.0. The second-order valence-corrected chi connectivity index (χ2v) is 9.32. The van der Waals surface area contributed by atoms with E-state index in [0.717, 1.165) is 11.1 Å². The number of anilines is 1. The van der Waals surface area contributed by atoms with Gasteiger partial charge in [-0.3, -0.25) is 14.4 Å². The van der Waals surface area contributed by atoms with Crippen LogP contribution in [-0.2, 0) is 11.3 Å². The van der Waals surface area contributed by atoms with Crippen LogP contribution in [-0.4, -0.2) is 78.8 Å². The number of H-pyrrole nitrogens is 1. The van der Waals surface area contributed by atoms with E-state index in [1.807, 2.05) is 25.1 Å². The Bertz CT molecular complexity index is 1420. The van der Waals surface area contributed by atoms with Crippen LogP contribution in [0.5, 0.6) is 0 Å². The predicted molar refractivity (Wildman–Crippen MR) is 133 cm³/mol. The highest BCUT2D eigenvalue weighted by atomic mass is 16.4. The summed E-state index contributed by atoms with van der Waals surface area (Å²) in [5.41, 5.74) is 3.52. The van der Waals surface area contributed by atoms with E-state index in [4.69, 9.17) is 0 Å². The quantitative estimate of drug-likeness (QED) is 0.399. The molecule has 0 radical (unpaired) electrons.